The van der Waals surface area contributed by atoms with E-state index < -0.39 is 7.92 Å². The SMILES string of the molecule is CC(C)(C)PC(c1ccccc1CP(c1ccc2ccccc2n1)c1ccc2ccccc2n1)C12CC3CC(CC(C3)C1)C2. The molecular formula is C40H44N2P2. The quantitative estimate of drug-likeness (QED) is 0.171. The second-order valence-electron chi connectivity index (χ2n) is 15.1. The lowest BCUT2D eigenvalue weighted by Gasteiger charge is -2.60. The molecule has 0 saturated heterocycles. The van der Waals surface area contributed by atoms with Crippen LogP contribution >= 0.6 is 16.5 Å². The molecule has 2 atom stereocenters. The summed E-state index contributed by atoms with van der Waals surface area (Å²) in [5.74, 6) is 2.88. The van der Waals surface area contributed by atoms with Gasteiger partial charge in [-0.2, -0.15) is 0 Å². The third kappa shape index (κ3) is 5.52. The molecule has 4 bridgehead atoms. The molecule has 4 heteroatoms. The summed E-state index contributed by atoms with van der Waals surface area (Å²) < 4.78 is 0. The highest BCUT2D eigenvalue weighted by Crippen LogP contribution is 2.69. The third-order valence-electron chi connectivity index (χ3n) is 10.7. The Morgan fingerprint density at radius 1 is 0.682 bits per heavy atom. The van der Waals surface area contributed by atoms with Crippen LogP contribution in [0.5, 0.6) is 0 Å². The largest absolute Gasteiger partial charge is 0.248 e. The maximum Gasteiger partial charge on any atom is 0.0709 e. The fraction of sp³-hybridized carbons (Fsp3) is 0.400. The summed E-state index contributed by atoms with van der Waals surface area (Å²) in [5.41, 5.74) is 8.79. The number of nitrogens with zero attached hydrogens (tertiary/aromatic N) is 2. The molecule has 9 rings (SSSR count). The predicted molar refractivity (Wildman–Crippen MR) is 191 cm³/mol. The minimum Gasteiger partial charge on any atom is -0.248 e. The van der Waals surface area contributed by atoms with Crippen molar-refractivity contribution in [3.8, 4) is 0 Å². The van der Waals surface area contributed by atoms with E-state index in [2.05, 4.69) is 118 Å². The Hall–Kier alpha value is -2.66. The van der Waals surface area contributed by atoms with Crippen LogP contribution in [0.4, 0.5) is 0 Å². The Bertz CT molecular complexity index is 1710. The summed E-state index contributed by atoms with van der Waals surface area (Å²) in [4.78, 5) is 10.6. The Labute approximate surface area is 266 Å². The summed E-state index contributed by atoms with van der Waals surface area (Å²) in [6.45, 7) is 7.44. The van der Waals surface area contributed by atoms with Crippen LogP contribution in [-0.4, -0.2) is 15.1 Å². The standard InChI is InChI=1S/C40H44N2P2/c1-39(2,3)43-38(40-23-27-20-28(24-40)22-29(21-27)25-40)33-13-7-4-12-32(33)26-44(36-18-16-30-10-5-8-14-34(30)41-36)37-19-17-31-11-6-9-15-35(31)42-37/h4-19,27-29,38,43H,20-26H2,1-3H3. The molecule has 0 amide bonds. The van der Waals surface area contributed by atoms with Crippen molar-refractivity contribution < 1.29 is 0 Å². The van der Waals surface area contributed by atoms with Crippen LogP contribution in [0.25, 0.3) is 21.8 Å². The summed E-state index contributed by atoms with van der Waals surface area (Å²) >= 11 is 0. The topological polar surface area (TPSA) is 25.8 Å². The van der Waals surface area contributed by atoms with E-state index in [0.29, 0.717) is 16.2 Å². The zero-order valence-corrected chi connectivity index (χ0v) is 28.2. The second-order valence-corrected chi connectivity index (χ2v) is 19.6. The Morgan fingerprint density at radius 2 is 1.18 bits per heavy atom. The number of benzene rings is 3. The fourth-order valence-corrected chi connectivity index (χ4v) is 13.5. The van der Waals surface area contributed by atoms with Gasteiger partial charge in [-0.3, -0.25) is 0 Å². The van der Waals surface area contributed by atoms with Gasteiger partial charge in [0.05, 0.1) is 21.9 Å². The lowest BCUT2D eigenvalue weighted by Crippen LogP contribution is -2.48. The summed E-state index contributed by atoms with van der Waals surface area (Å²) in [6.07, 6.45) is 9.84. The van der Waals surface area contributed by atoms with Crippen molar-refractivity contribution in [2.24, 2.45) is 23.2 Å². The van der Waals surface area contributed by atoms with Crippen molar-refractivity contribution >= 4 is 49.2 Å². The van der Waals surface area contributed by atoms with Gasteiger partial charge in [-0.15, -0.1) is 8.58 Å². The number of aromatic nitrogens is 2. The molecule has 4 aliphatic rings. The zero-order chi connectivity index (χ0) is 29.9. The van der Waals surface area contributed by atoms with Gasteiger partial charge in [-0.05, 0) is 102 Å². The molecule has 4 fully saturated rings. The van der Waals surface area contributed by atoms with Crippen molar-refractivity contribution in [1.82, 2.24) is 9.97 Å². The van der Waals surface area contributed by atoms with Crippen molar-refractivity contribution in [2.75, 3.05) is 0 Å². The van der Waals surface area contributed by atoms with E-state index in [1.54, 1.807) is 5.56 Å². The van der Waals surface area contributed by atoms with Crippen LogP contribution in [0.2, 0.25) is 0 Å². The van der Waals surface area contributed by atoms with Gasteiger partial charge in [0.2, 0.25) is 0 Å². The van der Waals surface area contributed by atoms with Crippen LogP contribution in [0.1, 0.15) is 76.1 Å². The van der Waals surface area contributed by atoms with Crippen LogP contribution in [0.3, 0.4) is 0 Å². The molecule has 4 saturated carbocycles. The summed E-state index contributed by atoms with van der Waals surface area (Å²) in [7, 11) is 0.129. The van der Waals surface area contributed by atoms with Crippen molar-refractivity contribution in [3.63, 3.8) is 0 Å². The molecule has 0 spiro atoms. The minimum atomic E-state index is -0.800. The molecule has 0 radical (unpaired) electrons. The summed E-state index contributed by atoms with van der Waals surface area (Å²) in [6, 6.07) is 35.7. The number of fused-ring (bicyclic) bond motifs is 2. The molecule has 44 heavy (non-hydrogen) atoms. The fourth-order valence-electron chi connectivity index (χ4n) is 9.35. The van der Waals surface area contributed by atoms with Crippen molar-refractivity contribution in [2.45, 2.75) is 76.3 Å². The van der Waals surface area contributed by atoms with E-state index >= 15 is 0 Å². The van der Waals surface area contributed by atoms with E-state index in [1.165, 1.54) is 65.7 Å². The van der Waals surface area contributed by atoms with E-state index in [-0.39, 0.29) is 0 Å². The molecule has 3 aromatic carbocycles. The Balaban J connectivity index is 1.24. The number of hydrogen-bond donors (Lipinski definition) is 0. The van der Waals surface area contributed by atoms with Crippen molar-refractivity contribution in [1.29, 1.82) is 0 Å². The van der Waals surface area contributed by atoms with E-state index in [9.17, 15) is 0 Å². The van der Waals surface area contributed by atoms with Gasteiger partial charge in [0.1, 0.15) is 0 Å². The van der Waals surface area contributed by atoms with Gasteiger partial charge >= 0.3 is 0 Å². The van der Waals surface area contributed by atoms with Gasteiger partial charge in [-0.25, -0.2) is 9.97 Å². The zero-order valence-electron chi connectivity index (χ0n) is 26.3. The van der Waals surface area contributed by atoms with Gasteiger partial charge < -0.3 is 0 Å². The molecule has 4 aliphatic carbocycles. The maximum atomic E-state index is 5.31. The van der Waals surface area contributed by atoms with Crippen molar-refractivity contribution in [3.05, 3.63) is 108 Å². The molecular weight excluding hydrogens is 570 g/mol. The molecule has 224 valence electrons. The number of rotatable bonds is 7. The lowest BCUT2D eigenvalue weighted by atomic mass is 9.48. The predicted octanol–water partition coefficient (Wildman–Crippen LogP) is 10.2. The highest BCUT2D eigenvalue weighted by Gasteiger charge is 2.55. The molecule has 0 N–H and O–H groups in total. The average Bonchev–Trinajstić information content (AvgIpc) is 3.01. The van der Waals surface area contributed by atoms with Crippen LogP contribution in [0.15, 0.2) is 97.1 Å². The van der Waals surface area contributed by atoms with E-state index in [4.69, 9.17) is 9.97 Å². The van der Waals surface area contributed by atoms with Gasteiger partial charge in [0.25, 0.3) is 0 Å². The molecule has 2 heterocycles. The first-order chi connectivity index (χ1) is 21.3. The normalized spacial score (nSPS) is 25.5. The molecule has 0 aliphatic heterocycles. The minimum absolute atomic E-state index is 0.311. The Morgan fingerprint density at radius 3 is 1.73 bits per heavy atom. The number of para-hydroxylation sites is 2. The lowest BCUT2D eigenvalue weighted by molar-refractivity contribution is -0.0548. The smallest absolute Gasteiger partial charge is 0.0709 e. The van der Waals surface area contributed by atoms with Gasteiger partial charge in [-0.1, -0.05) is 93.6 Å². The monoisotopic (exact) mass is 614 g/mol. The molecule has 5 aromatic rings. The second kappa shape index (κ2) is 11.3. The first-order valence-corrected chi connectivity index (χ1v) is 19.3. The van der Waals surface area contributed by atoms with Crippen LogP contribution in [-0.2, 0) is 6.16 Å². The van der Waals surface area contributed by atoms with E-state index in [1.807, 2.05) is 0 Å². The van der Waals surface area contributed by atoms with Gasteiger partial charge in [0, 0.05) is 30.5 Å². The maximum absolute atomic E-state index is 5.31. The van der Waals surface area contributed by atoms with E-state index in [0.717, 1.165) is 43.5 Å². The highest BCUT2D eigenvalue weighted by molar-refractivity contribution is 7.71. The molecule has 2 unspecified atom stereocenters. The first kappa shape index (κ1) is 28.8. The van der Waals surface area contributed by atoms with Crippen LogP contribution in [0, 0.1) is 23.2 Å². The Kier molecular flexibility index (Phi) is 7.39. The molecule has 2 aromatic heterocycles. The van der Waals surface area contributed by atoms with Gasteiger partial charge in [0.15, 0.2) is 0 Å². The first-order valence-electron chi connectivity index (χ1n) is 16.7. The summed E-state index contributed by atoms with van der Waals surface area (Å²) in [5, 5.41) is 2.71. The third-order valence-corrected chi connectivity index (χ3v) is 15.0. The molecule has 2 nitrogen and oxygen atoms in total. The number of pyridine rings is 2. The average molecular weight is 615 g/mol. The van der Waals surface area contributed by atoms with Crippen LogP contribution < -0.4 is 10.9 Å². The highest BCUT2D eigenvalue weighted by atomic mass is 31.1. The number of hydrogen-bond acceptors (Lipinski definition) is 2.